The summed E-state index contributed by atoms with van der Waals surface area (Å²) < 4.78 is 5.26. The molecule has 0 aliphatic rings. The summed E-state index contributed by atoms with van der Waals surface area (Å²) in [6.07, 6.45) is 0. The molecular weight excluding hydrogens is 292 g/mol. The van der Waals surface area contributed by atoms with Crippen LogP contribution in [0.4, 0.5) is 11.4 Å². The molecule has 2 aromatic carbocycles. The smallest absolute Gasteiger partial charge is 0.255 e. The standard InChI is InChI=1S/C18H20N2O3/c1-11-10-17(23-4)12(2)9-16(11)18(22)20-15-7-5-14(6-8-15)19-13(3)21/h5-10H,1-4H3,(H,19,21)(H,20,22). The average Bonchev–Trinajstić information content (AvgIpc) is 2.50. The third-order valence-corrected chi connectivity index (χ3v) is 3.45. The van der Waals surface area contributed by atoms with Gasteiger partial charge in [-0.3, -0.25) is 9.59 Å². The Morgan fingerprint density at radius 3 is 2.00 bits per heavy atom. The van der Waals surface area contributed by atoms with E-state index < -0.39 is 0 Å². The molecule has 0 bridgehead atoms. The molecule has 2 aromatic rings. The lowest BCUT2D eigenvalue weighted by atomic mass is 10.0. The quantitative estimate of drug-likeness (QED) is 0.907. The van der Waals surface area contributed by atoms with E-state index in [4.69, 9.17) is 4.74 Å². The molecule has 2 amide bonds. The van der Waals surface area contributed by atoms with Crippen molar-refractivity contribution in [3.8, 4) is 5.75 Å². The van der Waals surface area contributed by atoms with E-state index in [-0.39, 0.29) is 11.8 Å². The first-order chi connectivity index (χ1) is 10.9. The monoisotopic (exact) mass is 312 g/mol. The summed E-state index contributed by atoms with van der Waals surface area (Å²) >= 11 is 0. The van der Waals surface area contributed by atoms with Crippen LogP contribution in [0.2, 0.25) is 0 Å². The van der Waals surface area contributed by atoms with Gasteiger partial charge in [-0.25, -0.2) is 0 Å². The first-order valence-electron chi connectivity index (χ1n) is 7.25. The van der Waals surface area contributed by atoms with E-state index in [1.165, 1.54) is 6.92 Å². The summed E-state index contributed by atoms with van der Waals surface area (Å²) in [7, 11) is 1.61. The number of ether oxygens (including phenoxy) is 1. The Kier molecular flexibility index (Phi) is 5.01. The molecule has 0 spiro atoms. The molecule has 0 saturated heterocycles. The van der Waals surface area contributed by atoms with Crippen LogP contribution in [0.1, 0.15) is 28.4 Å². The SMILES string of the molecule is COc1cc(C)c(C(=O)Nc2ccc(NC(C)=O)cc2)cc1C. The summed E-state index contributed by atoms with van der Waals surface area (Å²) in [5.74, 6) is 0.449. The van der Waals surface area contributed by atoms with Gasteiger partial charge in [-0.15, -0.1) is 0 Å². The maximum absolute atomic E-state index is 12.4. The third-order valence-electron chi connectivity index (χ3n) is 3.45. The lowest BCUT2D eigenvalue weighted by Gasteiger charge is -2.12. The highest BCUT2D eigenvalue weighted by atomic mass is 16.5. The Bertz CT molecular complexity index is 737. The molecule has 0 atom stereocenters. The first-order valence-corrected chi connectivity index (χ1v) is 7.25. The van der Waals surface area contributed by atoms with Gasteiger partial charge in [0.05, 0.1) is 7.11 Å². The number of hydrogen-bond acceptors (Lipinski definition) is 3. The second kappa shape index (κ2) is 6.96. The number of amides is 2. The van der Waals surface area contributed by atoms with E-state index in [2.05, 4.69) is 10.6 Å². The summed E-state index contributed by atoms with van der Waals surface area (Å²) in [5, 5.41) is 5.53. The van der Waals surface area contributed by atoms with Crippen molar-refractivity contribution in [2.24, 2.45) is 0 Å². The van der Waals surface area contributed by atoms with E-state index >= 15 is 0 Å². The minimum absolute atomic E-state index is 0.133. The summed E-state index contributed by atoms with van der Waals surface area (Å²) in [6.45, 7) is 5.22. The number of carbonyl (C=O) groups is 2. The highest BCUT2D eigenvalue weighted by Crippen LogP contribution is 2.23. The van der Waals surface area contributed by atoms with E-state index in [1.54, 1.807) is 31.4 Å². The Balaban J connectivity index is 2.16. The zero-order chi connectivity index (χ0) is 17.0. The molecule has 2 N–H and O–H groups in total. The van der Waals surface area contributed by atoms with Gasteiger partial charge in [-0.2, -0.15) is 0 Å². The van der Waals surface area contributed by atoms with Gasteiger partial charge >= 0.3 is 0 Å². The number of carbonyl (C=O) groups excluding carboxylic acids is 2. The highest BCUT2D eigenvalue weighted by Gasteiger charge is 2.12. The molecule has 2 rings (SSSR count). The molecule has 0 heterocycles. The molecular formula is C18H20N2O3. The largest absolute Gasteiger partial charge is 0.496 e. The molecule has 0 radical (unpaired) electrons. The molecule has 5 heteroatoms. The fourth-order valence-corrected chi connectivity index (χ4v) is 2.29. The molecule has 0 aliphatic heterocycles. The van der Waals surface area contributed by atoms with Gasteiger partial charge in [0, 0.05) is 23.9 Å². The Labute approximate surface area is 135 Å². The van der Waals surface area contributed by atoms with Crippen molar-refractivity contribution in [1.29, 1.82) is 0 Å². The van der Waals surface area contributed by atoms with Gasteiger partial charge in [0.1, 0.15) is 5.75 Å². The van der Waals surface area contributed by atoms with Crippen LogP contribution in [0.5, 0.6) is 5.75 Å². The molecule has 0 aliphatic carbocycles. The molecule has 120 valence electrons. The van der Waals surface area contributed by atoms with E-state index in [9.17, 15) is 9.59 Å². The lowest BCUT2D eigenvalue weighted by Crippen LogP contribution is -2.14. The van der Waals surface area contributed by atoms with Crippen LogP contribution in [-0.4, -0.2) is 18.9 Å². The number of rotatable bonds is 4. The predicted molar refractivity (Wildman–Crippen MR) is 91.2 cm³/mol. The van der Waals surface area contributed by atoms with E-state index in [0.717, 1.165) is 16.9 Å². The predicted octanol–water partition coefficient (Wildman–Crippen LogP) is 3.52. The zero-order valence-electron chi connectivity index (χ0n) is 13.7. The fourth-order valence-electron chi connectivity index (χ4n) is 2.29. The summed E-state index contributed by atoms with van der Waals surface area (Å²) in [4.78, 5) is 23.4. The molecule has 23 heavy (non-hydrogen) atoms. The van der Waals surface area contributed by atoms with Crippen LogP contribution >= 0.6 is 0 Å². The van der Waals surface area contributed by atoms with Crippen molar-refractivity contribution in [1.82, 2.24) is 0 Å². The molecule has 0 aromatic heterocycles. The van der Waals surface area contributed by atoms with Crippen LogP contribution in [0.15, 0.2) is 36.4 Å². The van der Waals surface area contributed by atoms with E-state index in [1.807, 2.05) is 26.0 Å². The van der Waals surface area contributed by atoms with Gasteiger partial charge in [0.25, 0.3) is 5.91 Å². The molecule has 5 nitrogen and oxygen atoms in total. The summed E-state index contributed by atoms with van der Waals surface area (Å²) in [5.41, 5.74) is 3.71. The molecule has 0 fully saturated rings. The van der Waals surface area contributed by atoms with Gasteiger partial charge in [-0.1, -0.05) is 0 Å². The third kappa shape index (κ3) is 4.10. The number of anilines is 2. The second-order valence-corrected chi connectivity index (χ2v) is 5.35. The topological polar surface area (TPSA) is 67.4 Å². The maximum Gasteiger partial charge on any atom is 0.255 e. The van der Waals surface area contributed by atoms with Crippen molar-refractivity contribution >= 4 is 23.2 Å². The first kappa shape index (κ1) is 16.5. The Hall–Kier alpha value is -2.82. The molecule has 0 saturated carbocycles. The Morgan fingerprint density at radius 2 is 1.48 bits per heavy atom. The number of benzene rings is 2. The Morgan fingerprint density at radius 1 is 0.913 bits per heavy atom. The molecule has 0 unspecified atom stereocenters. The van der Waals surface area contributed by atoms with Crippen LogP contribution < -0.4 is 15.4 Å². The highest BCUT2D eigenvalue weighted by molar-refractivity contribution is 6.05. The minimum atomic E-state index is -0.180. The van der Waals surface area contributed by atoms with Crippen LogP contribution in [0, 0.1) is 13.8 Å². The van der Waals surface area contributed by atoms with Crippen LogP contribution in [-0.2, 0) is 4.79 Å². The number of nitrogens with one attached hydrogen (secondary N) is 2. The minimum Gasteiger partial charge on any atom is -0.496 e. The fraction of sp³-hybridized carbons (Fsp3) is 0.222. The average molecular weight is 312 g/mol. The van der Waals surface area contributed by atoms with Crippen molar-refractivity contribution < 1.29 is 14.3 Å². The normalized spacial score (nSPS) is 10.1. The van der Waals surface area contributed by atoms with Crippen molar-refractivity contribution in [2.45, 2.75) is 20.8 Å². The van der Waals surface area contributed by atoms with Gasteiger partial charge in [0.15, 0.2) is 0 Å². The maximum atomic E-state index is 12.4. The van der Waals surface area contributed by atoms with E-state index in [0.29, 0.717) is 16.9 Å². The zero-order valence-corrected chi connectivity index (χ0v) is 13.7. The number of methoxy groups -OCH3 is 1. The lowest BCUT2D eigenvalue weighted by molar-refractivity contribution is -0.114. The van der Waals surface area contributed by atoms with Crippen LogP contribution in [0.3, 0.4) is 0 Å². The van der Waals surface area contributed by atoms with Gasteiger partial charge < -0.3 is 15.4 Å². The van der Waals surface area contributed by atoms with Gasteiger partial charge in [-0.05, 0) is 61.4 Å². The van der Waals surface area contributed by atoms with Crippen molar-refractivity contribution in [2.75, 3.05) is 17.7 Å². The van der Waals surface area contributed by atoms with Gasteiger partial charge in [0.2, 0.25) is 5.91 Å². The van der Waals surface area contributed by atoms with Crippen molar-refractivity contribution in [3.63, 3.8) is 0 Å². The number of aryl methyl sites for hydroxylation is 2. The second-order valence-electron chi connectivity index (χ2n) is 5.35. The van der Waals surface area contributed by atoms with Crippen LogP contribution in [0.25, 0.3) is 0 Å². The summed E-state index contributed by atoms with van der Waals surface area (Å²) in [6, 6.07) is 10.6. The number of hydrogen-bond donors (Lipinski definition) is 2. The van der Waals surface area contributed by atoms with Crippen molar-refractivity contribution in [3.05, 3.63) is 53.1 Å².